The first-order valence-corrected chi connectivity index (χ1v) is 5.30. The van der Waals surface area contributed by atoms with Gasteiger partial charge in [-0.1, -0.05) is 24.4 Å². The van der Waals surface area contributed by atoms with E-state index in [9.17, 15) is 4.79 Å². The molecule has 1 aromatic carbocycles. The summed E-state index contributed by atoms with van der Waals surface area (Å²) in [5, 5.41) is 11.2. The van der Waals surface area contributed by atoms with Crippen LogP contribution in [0.25, 0.3) is 0 Å². The predicted octanol–water partition coefficient (Wildman–Crippen LogP) is 0.237. The normalized spacial score (nSPS) is 9.81. The number of amides is 1. The fourth-order valence-corrected chi connectivity index (χ4v) is 1.46. The largest absolute Gasteiger partial charge is 0.395 e. The van der Waals surface area contributed by atoms with E-state index in [-0.39, 0.29) is 19.1 Å². The smallest absolute Gasteiger partial charge is 0.251 e. The van der Waals surface area contributed by atoms with E-state index in [1.165, 1.54) is 0 Å². The zero-order valence-corrected chi connectivity index (χ0v) is 9.59. The number of rotatable bonds is 5. The molecule has 0 saturated carbocycles. The highest BCUT2D eigenvalue weighted by atomic mass is 32.1. The van der Waals surface area contributed by atoms with Crippen LogP contribution in [0.3, 0.4) is 0 Å². The third-order valence-corrected chi connectivity index (χ3v) is 2.11. The van der Waals surface area contributed by atoms with Crippen LogP contribution in [0.15, 0.2) is 24.3 Å². The molecule has 0 aliphatic carbocycles. The van der Waals surface area contributed by atoms with Crippen LogP contribution in [0.2, 0.25) is 0 Å². The molecule has 0 spiro atoms. The fourth-order valence-electron chi connectivity index (χ4n) is 1.30. The molecular formula is C11H14N2O2S. The molecule has 4 nitrogen and oxygen atoms in total. The van der Waals surface area contributed by atoms with Crippen LogP contribution >= 0.6 is 12.2 Å². The second kappa shape index (κ2) is 6.19. The molecule has 0 aromatic heterocycles. The van der Waals surface area contributed by atoms with Crippen molar-refractivity contribution in [2.24, 2.45) is 5.73 Å². The summed E-state index contributed by atoms with van der Waals surface area (Å²) in [5.74, 6) is -0.209. The van der Waals surface area contributed by atoms with Gasteiger partial charge in [-0.25, -0.2) is 0 Å². The van der Waals surface area contributed by atoms with Gasteiger partial charge in [-0.15, -0.1) is 0 Å². The van der Waals surface area contributed by atoms with Crippen molar-refractivity contribution in [1.29, 1.82) is 0 Å². The third-order valence-electron chi connectivity index (χ3n) is 1.96. The summed E-state index contributed by atoms with van der Waals surface area (Å²) in [6.07, 6.45) is 0.483. The van der Waals surface area contributed by atoms with Crippen molar-refractivity contribution in [2.75, 3.05) is 13.2 Å². The van der Waals surface area contributed by atoms with Crippen LogP contribution in [0, 0.1) is 0 Å². The summed E-state index contributed by atoms with van der Waals surface area (Å²) in [7, 11) is 0. The lowest BCUT2D eigenvalue weighted by Gasteiger charge is -2.05. The summed E-state index contributed by atoms with van der Waals surface area (Å²) in [5.41, 5.74) is 6.88. The molecule has 1 aromatic rings. The van der Waals surface area contributed by atoms with E-state index in [2.05, 4.69) is 5.32 Å². The number of nitrogens with one attached hydrogen (secondary N) is 1. The van der Waals surface area contributed by atoms with Gasteiger partial charge in [0, 0.05) is 18.5 Å². The maximum atomic E-state index is 11.6. The van der Waals surface area contributed by atoms with Crippen LogP contribution in [0.4, 0.5) is 0 Å². The Labute approximate surface area is 99.5 Å². The summed E-state index contributed by atoms with van der Waals surface area (Å²) >= 11 is 4.80. The fraction of sp³-hybridized carbons (Fsp3) is 0.273. The number of hydrogen-bond donors (Lipinski definition) is 3. The standard InChI is InChI=1S/C11H14N2O2S/c12-10(16)7-8-2-1-3-9(6-8)11(15)13-4-5-14/h1-3,6,14H,4-5,7H2,(H2,12,16)(H,13,15). The molecule has 0 fully saturated rings. The van der Waals surface area contributed by atoms with E-state index in [0.717, 1.165) is 5.56 Å². The molecule has 1 amide bonds. The van der Waals surface area contributed by atoms with E-state index >= 15 is 0 Å². The molecule has 0 aliphatic heterocycles. The van der Waals surface area contributed by atoms with Crippen molar-refractivity contribution in [3.8, 4) is 0 Å². The van der Waals surface area contributed by atoms with Crippen molar-refractivity contribution in [3.05, 3.63) is 35.4 Å². The van der Waals surface area contributed by atoms with Gasteiger partial charge in [-0.05, 0) is 17.7 Å². The molecule has 0 saturated heterocycles. The van der Waals surface area contributed by atoms with Gasteiger partial charge in [0.05, 0.1) is 11.6 Å². The molecule has 0 unspecified atom stereocenters. The molecule has 5 heteroatoms. The summed E-state index contributed by atoms with van der Waals surface area (Å²) in [6, 6.07) is 7.09. The first kappa shape index (κ1) is 12.6. The molecule has 0 heterocycles. The minimum absolute atomic E-state index is 0.0711. The second-order valence-corrected chi connectivity index (χ2v) is 3.85. The highest BCUT2D eigenvalue weighted by Gasteiger charge is 2.05. The first-order valence-electron chi connectivity index (χ1n) is 4.90. The van der Waals surface area contributed by atoms with E-state index in [4.69, 9.17) is 23.1 Å². The zero-order valence-electron chi connectivity index (χ0n) is 8.77. The lowest BCUT2D eigenvalue weighted by atomic mass is 10.1. The van der Waals surface area contributed by atoms with Crippen LogP contribution < -0.4 is 11.1 Å². The topological polar surface area (TPSA) is 75.4 Å². The Morgan fingerprint density at radius 3 is 2.88 bits per heavy atom. The van der Waals surface area contributed by atoms with Crippen LogP contribution in [-0.4, -0.2) is 29.2 Å². The van der Waals surface area contributed by atoms with Crippen molar-refractivity contribution < 1.29 is 9.90 Å². The Bertz CT molecular complexity index is 393. The molecule has 0 radical (unpaired) electrons. The molecule has 0 atom stereocenters. The minimum atomic E-state index is -0.209. The Morgan fingerprint density at radius 2 is 2.25 bits per heavy atom. The molecule has 0 aliphatic rings. The van der Waals surface area contributed by atoms with Gasteiger partial charge >= 0.3 is 0 Å². The summed E-state index contributed by atoms with van der Waals surface area (Å²) < 4.78 is 0. The van der Waals surface area contributed by atoms with Crippen molar-refractivity contribution in [2.45, 2.75) is 6.42 Å². The van der Waals surface area contributed by atoms with Gasteiger partial charge in [-0.2, -0.15) is 0 Å². The molecule has 86 valence electrons. The Balaban J connectivity index is 2.73. The average Bonchev–Trinajstić information content (AvgIpc) is 2.25. The van der Waals surface area contributed by atoms with Gasteiger partial charge in [0.2, 0.25) is 0 Å². The van der Waals surface area contributed by atoms with Crippen molar-refractivity contribution >= 4 is 23.1 Å². The quantitative estimate of drug-likeness (QED) is 0.642. The number of benzene rings is 1. The average molecular weight is 238 g/mol. The van der Waals surface area contributed by atoms with Gasteiger partial charge < -0.3 is 16.2 Å². The van der Waals surface area contributed by atoms with Gasteiger partial charge in [0.1, 0.15) is 0 Å². The minimum Gasteiger partial charge on any atom is -0.395 e. The maximum Gasteiger partial charge on any atom is 0.251 e. The number of nitrogens with two attached hydrogens (primary N) is 1. The van der Waals surface area contributed by atoms with Gasteiger partial charge in [0.15, 0.2) is 0 Å². The van der Waals surface area contributed by atoms with Crippen LogP contribution in [-0.2, 0) is 6.42 Å². The summed E-state index contributed by atoms with van der Waals surface area (Å²) in [4.78, 5) is 12.0. The van der Waals surface area contributed by atoms with E-state index in [1.807, 2.05) is 6.07 Å². The number of aliphatic hydroxyl groups excluding tert-OH is 1. The molecule has 16 heavy (non-hydrogen) atoms. The number of carbonyl (C=O) groups excluding carboxylic acids is 1. The zero-order chi connectivity index (χ0) is 12.0. The predicted molar refractivity (Wildman–Crippen MR) is 66.4 cm³/mol. The second-order valence-electron chi connectivity index (χ2n) is 3.32. The number of carbonyl (C=O) groups is 1. The number of aliphatic hydroxyl groups is 1. The van der Waals surface area contributed by atoms with Crippen molar-refractivity contribution in [3.63, 3.8) is 0 Å². The highest BCUT2D eigenvalue weighted by molar-refractivity contribution is 7.80. The Hall–Kier alpha value is -1.46. The SMILES string of the molecule is NC(=S)Cc1cccc(C(=O)NCCO)c1. The lowest BCUT2D eigenvalue weighted by Crippen LogP contribution is -2.26. The Kier molecular flexibility index (Phi) is 4.88. The third kappa shape index (κ3) is 3.96. The van der Waals surface area contributed by atoms with E-state index < -0.39 is 0 Å². The van der Waals surface area contributed by atoms with Crippen LogP contribution in [0.1, 0.15) is 15.9 Å². The molecule has 4 N–H and O–H groups in total. The van der Waals surface area contributed by atoms with Crippen molar-refractivity contribution in [1.82, 2.24) is 5.32 Å². The van der Waals surface area contributed by atoms with Gasteiger partial charge in [-0.3, -0.25) is 4.79 Å². The molecule has 0 bridgehead atoms. The van der Waals surface area contributed by atoms with Gasteiger partial charge in [0.25, 0.3) is 5.91 Å². The highest BCUT2D eigenvalue weighted by Crippen LogP contribution is 2.06. The van der Waals surface area contributed by atoms with E-state index in [1.54, 1.807) is 18.2 Å². The molecular weight excluding hydrogens is 224 g/mol. The summed E-state index contributed by atoms with van der Waals surface area (Å²) in [6.45, 7) is 0.177. The van der Waals surface area contributed by atoms with E-state index in [0.29, 0.717) is 17.0 Å². The first-order chi connectivity index (χ1) is 7.63. The number of hydrogen-bond acceptors (Lipinski definition) is 3. The lowest BCUT2D eigenvalue weighted by molar-refractivity contribution is 0.0944. The Morgan fingerprint density at radius 1 is 1.50 bits per heavy atom. The number of thiocarbonyl (C=S) groups is 1. The molecule has 1 rings (SSSR count). The maximum absolute atomic E-state index is 11.6. The monoisotopic (exact) mass is 238 g/mol. The van der Waals surface area contributed by atoms with Crippen LogP contribution in [0.5, 0.6) is 0 Å².